The van der Waals surface area contributed by atoms with Crippen LogP contribution in [0.1, 0.15) is 12.0 Å². The van der Waals surface area contributed by atoms with Crippen LogP contribution in [0.25, 0.3) is 0 Å². The molecule has 5 nitrogen and oxygen atoms in total. The predicted molar refractivity (Wildman–Crippen MR) is 72.2 cm³/mol. The molecule has 0 saturated carbocycles. The standard InChI is InChI=1S/C14H17F3N2O3/c15-14(16,17)22-11-3-1-10(2-4-11)8-19-13(20)7-12-9-18-5-6-21-12/h1-4,12,18H,5-9H2,(H,19,20)/t12-/m0/s1. The zero-order chi connectivity index (χ0) is 16.0. The van der Waals surface area contributed by atoms with Gasteiger partial charge in [0.25, 0.3) is 0 Å². The average Bonchev–Trinajstić information content (AvgIpc) is 2.46. The van der Waals surface area contributed by atoms with Crippen LogP contribution in [0, 0.1) is 0 Å². The van der Waals surface area contributed by atoms with E-state index in [2.05, 4.69) is 15.4 Å². The first-order valence-corrected chi connectivity index (χ1v) is 6.86. The van der Waals surface area contributed by atoms with Crippen LogP contribution in [0.5, 0.6) is 5.75 Å². The number of ether oxygens (including phenoxy) is 2. The van der Waals surface area contributed by atoms with Gasteiger partial charge in [0, 0.05) is 19.6 Å². The molecule has 22 heavy (non-hydrogen) atoms. The second-order valence-electron chi connectivity index (χ2n) is 4.87. The Hall–Kier alpha value is -1.80. The van der Waals surface area contributed by atoms with Gasteiger partial charge in [-0.3, -0.25) is 4.79 Å². The van der Waals surface area contributed by atoms with E-state index in [1.165, 1.54) is 24.3 Å². The third kappa shape index (κ3) is 5.90. The molecular formula is C14H17F3N2O3. The molecule has 8 heteroatoms. The maximum absolute atomic E-state index is 12.0. The molecule has 0 spiro atoms. The summed E-state index contributed by atoms with van der Waals surface area (Å²) in [7, 11) is 0. The number of hydrogen-bond donors (Lipinski definition) is 2. The first kappa shape index (κ1) is 16.6. The minimum Gasteiger partial charge on any atom is -0.406 e. The van der Waals surface area contributed by atoms with E-state index in [4.69, 9.17) is 4.74 Å². The van der Waals surface area contributed by atoms with Crippen LogP contribution < -0.4 is 15.4 Å². The summed E-state index contributed by atoms with van der Waals surface area (Å²) in [6.07, 6.45) is -4.59. The van der Waals surface area contributed by atoms with Crippen LogP contribution in [0.15, 0.2) is 24.3 Å². The van der Waals surface area contributed by atoms with Crippen molar-refractivity contribution in [1.29, 1.82) is 0 Å². The number of alkyl halides is 3. The summed E-state index contributed by atoms with van der Waals surface area (Å²) >= 11 is 0. The molecular weight excluding hydrogens is 301 g/mol. The summed E-state index contributed by atoms with van der Waals surface area (Å²) in [5, 5.41) is 5.83. The van der Waals surface area contributed by atoms with Crippen molar-refractivity contribution in [2.45, 2.75) is 25.4 Å². The number of benzene rings is 1. The minimum atomic E-state index is -4.70. The summed E-state index contributed by atoms with van der Waals surface area (Å²) in [6.45, 7) is 2.24. The van der Waals surface area contributed by atoms with Crippen molar-refractivity contribution in [1.82, 2.24) is 10.6 Å². The van der Waals surface area contributed by atoms with Crippen molar-refractivity contribution >= 4 is 5.91 Å². The molecule has 1 amide bonds. The zero-order valence-electron chi connectivity index (χ0n) is 11.8. The maximum Gasteiger partial charge on any atom is 0.573 e. The van der Waals surface area contributed by atoms with Crippen molar-refractivity contribution in [2.24, 2.45) is 0 Å². The van der Waals surface area contributed by atoms with Crippen molar-refractivity contribution < 1.29 is 27.4 Å². The fraction of sp³-hybridized carbons (Fsp3) is 0.500. The van der Waals surface area contributed by atoms with Gasteiger partial charge in [0.2, 0.25) is 5.91 Å². The van der Waals surface area contributed by atoms with Crippen LogP contribution in [0.3, 0.4) is 0 Å². The molecule has 2 N–H and O–H groups in total. The number of carbonyl (C=O) groups excluding carboxylic acids is 1. The quantitative estimate of drug-likeness (QED) is 0.865. The Bertz CT molecular complexity index is 485. The van der Waals surface area contributed by atoms with Gasteiger partial charge in [0.05, 0.1) is 19.1 Å². The minimum absolute atomic E-state index is 0.142. The molecule has 0 radical (unpaired) electrons. The highest BCUT2D eigenvalue weighted by Gasteiger charge is 2.30. The molecule has 1 aliphatic heterocycles. The lowest BCUT2D eigenvalue weighted by Gasteiger charge is -2.23. The summed E-state index contributed by atoms with van der Waals surface area (Å²) in [4.78, 5) is 11.7. The largest absolute Gasteiger partial charge is 0.573 e. The van der Waals surface area contributed by atoms with E-state index in [1.807, 2.05) is 0 Å². The molecule has 122 valence electrons. The Morgan fingerprint density at radius 1 is 1.36 bits per heavy atom. The smallest absolute Gasteiger partial charge is 0.406 e. The monoisotopic (exact) mass is 318 g/mol. The van der Waals surface area contributed by atoms with Gasteiger partial charge in [0.1, 0.15) is 5.75 Å². The van der Waals surface area contributed by atoms with E-state index < -0.39 is 6.36 Å². The lowest BCUT2D eigenvalue weighted by molar-refractivity contribution is -0.274. The van der Waals surface area contributed by atoms with Crippen LogP contribution in [0.4, 0.5) is 13.2 Å². The second kappa shape index (κ2) is 7.46. The van der Waals surface area contributed by atoms with E-state index in [0.717, 1.165) is 6.54 Å². The Morgan fingerprint density at radius 3 is 2.68 bits per heavy atom. The van der Waals surface area contributed by atoms with Gasteiger partial charge < -0.3 is 20.1 Å². The van der Waals surface area contributed by atoms with E-state index in [-0.39, 0.29) is 30.7 Å². The normalized spacial score (nSPS) is 18.8. The first-order chi connectivity index (χ1) is 10.4. The Balaban J connectivity index is 1.75. The Kier molecular flexibility index (Phi) is 5.62. The molecule has 1 aromatic carbocycles. The highest BCUT2D eigenvalue weighted by atomic mass is 19.4. The van der Waals surface area contributed by atoms with Crippen molar-refractivity contribution in [3.8, 4) is 5.75 Å². The van der Waals surface area contributed by atoms with E-state index in [1.54, 1.807) is 0 Å². The third-order valence-electron chi connectivity index (χ3n) is 3.06. The molecule has 1 saturated heterocycles. The van der Waals surface area contributed by atoms with Crippen molar-refractivity contribution in [3.05, 3.63) is 29.8 Å². The fourth-order valence-electron chi connectivity index (χ4n) is 2.04. The van der Waals surface area contributed by atoms with E-state index >= 15 is 0 Å². The predicted octanol–water partition coefficient (Wildman–Crippen LogP) is 1.58. The number of rotatable bonds is 5. The third-order valence-corrected chi connectivity index (χ3v) is 3.06. The van der Waals surface area contributed by atoms with Gasteiger partial charge in [-0.05, 0) is 17.7 Å². The van der Waals surface area contributed by atoms with E-state index in [0.29, 0.717) is 18.7 Å². The van der Waals surface area contributed by atoms with Crippen LogP contribution in [-0.4, -0.2) is 38.1 Å². The van der Waals surface area contributed by atoms with E-state index in [9.17, 15) is 18.0 Å². The molecule has 1 heterocycles. The molecule has 0 aromatic heterocycles. The average molecular weight is 318 g/mol. The van der Waals surface area contributed by atoms with Gasteiger partial charge in [-0.2, -0.15) is 0 Å². The highest BCUT2D eigenvalue weighted by Crippen LogP contribution is 2.22. The molecule has 1 atom stereocenters. The summed E-state index contributed by atoms with van der Waals surface area (Å²) in [5.74, 6) is -0.450. The highest BCUT2D eigenvalue weighted by molar-refractivity contribution is 5.76. The van der Waals surface area contributed by atoms with Gasteiger partial charge in [0.15, 0.2) is 0 Å². The lowest BCUT2D eigenvalue weighted by atomic mass is 10.2. The van der Waals surface area contributed by atoms with Crippen LogP contribution in [0.2, 0.25) is 0 Å². The van der Waals surface area contributed by atoms with Gasteiger partial charge in [-0.1, -0.05) is 12.1 Å². The van der Waals surface area contributed by atoms with Crippen molar-refractivity contribution in [3.63, 3.8) is 0 Å². The summed E-state index contributed by atoms with van der Waals surface area (Å²) in [6, 6.07) is 5.37. The molecule has 0 aliphatic carbocycles. The van der Waals surface area contributed by atoms with Gasteiger partial charge in [-0.15, -0.1) is 13.2 Å². The fourth-order valence-corrected chi connectivity index (χ4v) is 2.04. The molecule has 1 fully saturated rings. The van der Waals surface area contributed by atoms with Gasteiger partial charge >= 0.3 is 6.36 Å². The first-order valence-electron chi connectivity index (χ1n) is 6.86. The van der Waals surface area contributed by atoms with Crippen molar-refractivity contribution in [2.75, 3.05) is 19.7 Å². The Morgan fingerprint density at radius 2 is 2.09 bits per heavy atom. The van der Waals surface area contributed by atoms with Crippen LogP contribution >= 0.6 is 0 Å². The topological polar surface area (TPSA) is 59.6 Å². The molecule has 1 aliphatic rings. The number of morpholine rings is 1. The second-order valence-corrected chi connectivity index (χ2v) is 4.87. The number of hydrogen-bond acceptors (Lipinski definition) is 4. The number of halogens is 3. The lowest BCUT2D eigenvalue weighted by Crippen LogP contribution is -2.41. The molecule has 2 rings (SSSR count). The molecule has 0 unspecified atom stereocenters. The maximum atomic E-state index is 12.0. The zero-order valence-corrected chi connectivity index (χ0v) is 11.8. The summed E-state index contributed by atoms with van der Waals surface area (Å²) < 4.78 is 45.3. The molecule has 0 bridgehead atoms. The number of carbonyl (C=O) groups is 1. The van der Waals surface area contributed by atoms with Gasteiger partial charge in [-0.25, -0.2) is 0 Å². The Labute approximate surface area is 125 Å². The number of amides is 1. The SMILES string of the molecule is O=C(C[C@H]1CNCCO1)NCc1ccc(OC(F)(F)F)cc1. The summed E-state index contributed by atoms with van der Waals surface area (Å²) in [5.41, 5.74) is 0.686. The number of nitrogens with one attached hydrogen (secondary N) is 2. The van der Waals surface area contributed by atoms with Crippen LogP contribution in [-0.2, 0) is 16.1 Å². The molecule has 1 aromatic rings.